The van der Waals surface area contributed by atoms with Gasteiger partial charge in [0.05, 0.1) is 29.8 Å². The first-order chi connectivity index (χ1) is 17.7. The Morgan fingerprint density at radius 1 is 0.917 bits per heavy atom. The van der Waals surface area contributed by atoms with E-state index >= 15 is 0 Å². The number of nitrogens with one attached hydrogen (secondary N) is 1. The topological polar surface area (TPSA) is 142 Å². The van der Waals surface area contributed by atoms with Gasteiger partial charge in [-0.1, -0.05) is 6.07 Å². The molecule has 0 saturated heterocycles. The summed E-state index contributed by atoms with van der Waals surface area (Å²) in [5.74, 6) is 1.16. The molecule has 0 saturated carbocycles. The van der Waals surface area contributed by atoms with Crippen LogP contribution in [-0.2, 0) is 19.9 Å². The van der Waals surface area contributed by atoms with Crippen LogP contribution in [-0.4, -0.2) is 49.9 Å². The first kappa shape index (κ1) is 21.6. The Balaban J connectivity index is 0.000000431. The quantitative estimate of drug-likeness (QED) is 0.396. The van der Waals surface area contributed by atoms with Crippen LogP contribution in [0.25, 0.3) is 39.6 Å². The molecule has 0 bridgehead atoms. The summed E-state index contributed by atoms with van der Waals surface area (Å²) in [6.45, 7) is 0. The lowest BCUT2D eigenvalue weighted by atomic mass is 10.1. The molecule has 0 fully saturated rings. The van der Waals surface area contributed by atoms with Gasteiger partial charge in [-0.05, 0) is 66.8 Å². The maximum absolute atomic E-state index is 6.23. The number of rotatable bonds is 3. The van der Waals surface area contributed by atoms with E-state index in [-0.39, 0.29) is 0 Å². The molecule has 3 N–H and O–H groups in total. The van der Waals surface area contributed by atoms with E-state index in [2.05, 4.69) is 53.4 Å². The summed E-state index contributed by atoms with van der Waals surface area (Å²) in [4.78, 5) is 15.6. The third-order valence-electron chi connectivity index (χ3n) is 6.12. The summed E-state index contributed by atoms with van der Waals surface area (Å²) in [5, 5.41) is 17.9. The molecule has 0 amide bonds. The maximum Gasteiger partial charge on any atom is 0.165 e. The monoisotopic (exact) mass is 477 g/mol. The molecular formula is C25H23N11. The third kappa shape index (κ3) is 3.96. The van der Waals surface area contributed by atoms with Crippen LogP contribution in [0, 0.1) is 0 Å². The lowest BCUT2D eigenvalue weighted by Crippen LogP contribution is -2.03. The second-order valence-electron chi connectivity index (χ2n) is 8.43. The Morgan fingerprint density at radius 2 is 1.78 bits per heavy atom. The number of hydrogen-bond acceptors (Lipinski definition) is 8. The average Bonchev–Trinajstić information content (AvgIpc) is 3.71. The van der Waals surface area contributed by atoms with Gasteiger partial charge in [0.1, 0.15) is 17.0 Å². The molecule has 7 rings (SSSR count). The van der Waals surface area contributed by atoms with Gasteiger partial charge < -0.3 is 5.73 Å². The second-order valence-corrected chi connectivity index (χ2v) is 8.43. The molecule has 0 spiro atoms. The number of benzene rings is 1. The van der Waals surface area contributed by atoms with Crippen LogP contribution in [0.2, 0.25) is 0 Å². The van der Waals surface area contributed by atoms with Crippen LogP contribution in [0.15, 0.2) is 67.3 Å². The van der Waals surface area contributed by atoms with Crippen molar-refractivity contribution in [2.24, 2.45) is 7.05 Å². The molecule has 0 radical (unpaired) electrons. The van der Waals surface area contributed by atoms with E-state index in [1.165, 1.54) is 22.3 Å². The highest BCUT2D eigenvalue weighted by atomic mass is 15.4. The van der Waals surface area contributed by atoms with Gasteiger partial charge >= 0.3 is 0 Å². The highest BCUT2D eigenvalue weighted by Gasteiger charge is 2.20. The minimum absolute atomic E-state index is 0.439. The van der Waals surface area contributed by atoms with Crippen LogP contribution < -0.4 is 5.73 Å². The van der Waals surface area contributed by atoms with E-state index in [1.807, 2.05) is 24.3 Å². The van der Waals surface area contributed by atoms with E-state index in [1.54, 1.807) is 31.8 Å². The van der Waals surface area contributed by atoms with E-state index in [0.717, 1.165) is 46.8 Å². The predicted octanol–water partition coefficient (Wildman–Crippen LogP) is 3.15. The van der Waals surface area contributed by atoms with Crippen molar-refractivity contribution in [2.75, 3.05) is 5.73 Å². The number of imidazole rings is 1. The fourth-order valence-corrected chi connectivity index (χ4v) is 4.46. The van der Waals surface area contributed by atoms with Crippen molar-refractivity contribution in [3.63, 3.8) is 0 Å². The number of H-pyrrole nitrogens is 1. The lowest BCUT2D eigenvalue weighted by molar-refractivity contribution is 0.655. The van der Waals surface area contributed by atoms with E-state index < -0.39 is 0 Å². The molecule has 6 aromatic rings. The summed E-state index contributed by atoms with van der Waals surface area (Å²) >= 11 is 0. The van der Waals surface area contributed by atoms with Gasteiger partial charge in [0.2, 0.25) is 0 Å². The number of fused-ring (bicyclic) bond motifs is 2. The summed E-state index contributed by atoms with van der Waals surface area (Å²) in [5.41, 5.74) is 13.8. The largest absolute Gasteiger partial charge is 0.383 e. The molecule has 1 aromatic carbocycles. The number of aromatic nitrogens is 10. The van der Waals surface area contributed by atoms with Crippen LogP contribution in [0.4, 0.5) is 5.82 Å². The zero-order valence-corrected chi connectivity index (χ0v) is 19.6. The number of aryl methyl sites for hydroxylation is 3. The Morgan fingerprint density at radius 3 is 2.53 bits per heavy atom. The molecule has 1 aliphatic rings. The number of nitrogens with zero attached hydrogens (tertiary/aromatic N) is 9. The number of nitrogen functional groups attached to an aromatic ring is 1. The van der Waals surface area contributed by atoms with Crippen LogP contribution in [0.3, 0.4) is 0 Å². The van der Waals surface area contributed by atoms with Crippen LogP contribution in [0.5, 0.6) is 0 Å². The van der Waals surface area contributed by atoms with Crippen molar-refractivity contribution in [2.45, 2.75) is 19.3 Å². The van der Waals surface area contributed by atoms with Gasteiger partial charge in [-0.2, -0.15) is 30.4 Å². The summed E-state index contributed by atoms with van der Waals surface area (Å²) in [7, 11) is 1.79. The van der Waals surface area contributed by atoms with Crippen molar-refractivity contribution >= 4 is 17.0 Å². The van der Waals surface area contributed by atoms with E-state index in [9.17, 15) is 0 Å². The van der Waals surface area contributed by atoms with Crippen molar-refractivity contribution in [1.29, 1.82) is 0 Å². The minimum Gasteiger partial charge on any atom is -0.383 e. The second kappa shape index (κ2) is 9.02. The van der Waals surface area contributed by atoms with Gasteiger partial charge in [-0.15, -0.1) is 0 Å². The molecule has 11 nitrogen and oxygen atoms in total. The van der Waals surface area contributed by atoms with Crippen LogP contribution in [0.1, 0.15) is 17.5 Å². The van der Waals surface area contributed by atoms with Gasteiger partial charge in [-0.25, -0.2) is 15.0 Å². The molecule has 36 heavy (non-hydrogen) atoms. The Hall–Kier alpha value is -4.93. The van der Waals surface area contributed by atoms with Gasteiger partial charge in [0.25, 0.3) is 0 Å². The molecular weight excluding hydrogens is 454 g/mol. The first-order valence-corrected chi connectivity index (χ1v) is 11.6. The molecule has 178 valence electrons. The normalized spacial score (nSPS) is 12.4. The summed E-state index contributed by atoms with van der Waals surface area (Å²) < 4.78 is 2.07. The van der Waals surface area contributed by atoms with Gasteiger partial charge in [0, 0.05) is 18.9 Å². The number of aromatic amines is 1. The lowest BCUT2D eigenvalue weighted by Gasteiger charge is -2.12. The molecule has 5 heterocycles. The molecule has 0 unspecified atom stereocenters. The zero-order valence-electron chi connectivity index (χ0n) is 19.6. The Kier molecular flexibility index (Phi) is 5.41. The van der Waals surface area contributed by atoms with Crippen molar-refractivity contribution in [1.82, 2.24) is 49.9 Å². The summed E-state index contributed by atoms with van der Waals surface area (Å²) in [6.07, 6.45) is 9.99. The van der Waals surface area contributed by atoms with Gasteiger partial charge in [-0.3, -0.25) is 4.57 Å². The Labute approximate surface area is 206 Å². The number of nitrogens with two attached hydrogens (primary N) is 1. The molecule has 5 aromatic heterocycles. The van der Waals surface area contributed by atoms with Crippen LogP contribution >= 0.6 is 0 Å². The highest BCUT2D eigenvalue weighted by molar-refractivity contribution is 5.84. The number of pyridine rings is 2. The predicted molar refractivity (Wildman–Crippen MR) is 135 cm³/mol. The number of hydrogen-bond donors (Lipinski definition) is 2. The highest BCUT2D eigenvalue weighted by Crippen LogP contribution is 2.33. The molecule has 1 aliphatic carbocycles. The van der Waals surface area contributed by atoms with Crippen molar-refractivity contribution < 1.29 is 0 Å². The number of anilines is 1. The smallest absolute Gasteiger partial charge is 0.165 e. The van der Waals surface area contributed by atoms with E-state index in [0.29, 0.717) is 11.5 Å². The van der Waals surface area contributed by atoms with E-state index in [4.69, 9.17) is 15.7 Å². The SMILES string of the molecule is Cn1ncc(-c2ccc3nc(-c4cccnc4N)n(-c4ccc5c(c4)CCC5)c3n2)n1.c1cn[nH]n1. The zero-order chi connectivity index (χ0) is 24.5. The fourth-order valence-electron chi connectivity index (χ4n) is 4.46. The minimum atomic E-state index is 0.439. The third-order valence-corrected chi connectivity index (χ3v) is 6.12. The molecule has 0 atom stereocenters. The Bertz CT molecular complexity index is 1630. The molecule has 11 heteroatoms. The fraction of sp³-hybridized carbons (Fsp3) is 0.160. The van der Waals surface area contributed by atoms with Gasteiger partial charge in [0.15, 0.2) is 11.5 Å². The first-order valence-electron chi connectivity index (χ1n) is 11.6. The maximum atomic E-state index is 6.23. The summed E-state index contributed by atoms with van der Waals surface area (Å²) in [6, 6.07) is 14.3. The van der Waals surface area contributed by atoms with Crippen molar-refractivity contribution in [3.8, 4) is 28.5 Å². The van der Waals surface area contributed by atoms with Crippen molar-refractivity contribution in [3.05, 3.63) is 78.4 Å². The molecule has 0 aliphatic heterocycles. The standard InChI is InChI=1S/C23H20N8.C2H3N3/c1-30-26-13-20(29-30)18-9-10-19-23(27-18)31(16-8-7-14-4-2-5-15(14)12-16)22(28-19)17-6-3-11-25-21(17)24;1-2-4-5-3-1/h3,6-13H,2,4-5H2,1H3,(H2,24,25);1-2H,(H,3,4,5). The average molecular weight is 478 g/mol.